The first-order chi connectivity index (χ1) is 9.24. The van der Waals surface area contributed by atoms with E-state index < -0.39 is 6.10 Å². The second-order valence-electron chi connectivity index (χ2n) is 4.64. The number of nitrogen functional groups attached to an aromatic ring is 1. The molecular weight excluding hydrogens is 284 g/mol. The van der Waals surface area contributed by atoms with Crippen LogP contribution >= 0.6 is 12.4 Å². The van der Waals surface area contributed by atoms with Crippen LogP contribution in [-0.2, 0) is 9.53 Å². The minimum atomic E-state index is -0.390. The molecule has 1 aromatic rings. The van der Waals surface area contributed by atoms with Crippen LogP contribution in [0.2, 0.25) is 0 Å². The Bertz CT molecular complexity index is 503. The van der Waals surface area contributed by atoms with Gasteiger partial charge in [0.15, 0.2) is 11.5 Å². The predicted octanol–water partition coefficient (Wildman–Crippen LogP) is 1.93. The third-order valence-corrected chi connectivity index (χ3v) is 3.27. The molecule has 0 aromatic heterocycles. The van der Waals surface area contributed by atoms with E-state index >= 15 is 0 Å². The molecule has 1 fully saturated rings. The second-order valence-corrected chi connectivity index (χ2v) is 4.64. The molecule has 0 saturated carbocycles. The van der Waals surface area contributed by atoms with E-state index in [1.165, 1.54) is 0 Å². The monoisotopic (exact) mass is 300 g/mol. The van der Waals surface area contributed by atoms with Crippen LogP contribution in [0.3, 0.4) is 0 Å². The highest BCUT2D eigenvalue weighted by Gasteiger charge is 2.24. The van der Waals surface area contributed by atoms with Gasteiger partial charge in [-0.1, -0.05) is 0 Å². The van der Waals surface area contributed by atoms with Crippen molar-refractivity contribution in [2.75, 3.05) is 24.5 Å². The van der Waals surface area contributed by atoms with Crippen molar-refractivity contribution < 1.29 is 19.0 Å². The van der Waals surface area contributed by atoms with Gasteiger partial charge in [-0.15, -0.1) is 12.4 Å². The summed E-state index contributed by atoms with van der Waals surface area (Å²) in [7, 11) is 0. The SMILES string of the molecule is Cl.Nc1cc2c(cc1NC(=O)C1CCCCO1)OCO2. The Balaban J connectivity index is 0.00000147. The zero-order valence-corrected chi connectivity index (χ0v) is 11.7. The molecule has 0 spiro atoms. The van der Waals surface area contributed by atoms with Gasteiger partial charge in [-0.25, -0.2) is 0 Å². The van der Waals surface area contributed by atoms with Crippen LogP contribution in [0, 0.1) is 0 Å². The maximum atomic E-state index is 12.1. The molecule has 3 N–H and O–H groups in total. The number of amides is 1. The summed E-state index contributed by atoms with van der Waals surface area (Å²) in [6, 6.07) is 3.33. The highest BCUT2D eigenvalue weighted by molar-refractivity contribution is 5.97. The number of carbonyl (C=O) groups excluding carboxylic acids is 1. The number of halogens is 1. The van der Waals surface area contributed by atoms with Gasteiger partial charge in [0, 0.05) is 18.7 Å². The summed E-state index contributed by atoms with van der Waals surface area (Å²) in [5, 5.41) is 2.79. The summed E-state index contributed by atoms with van der Waals surface area (Å²) in [5.41, 5.74) is 6.86. The molecule has 6 nitrogen and oxygen atoms in total. The normalized spacial score (nSPS) is 20.1. The summed E-state index contributed by atoms with van der Waals surface area (Å²) in [5.74, 6) is 1.03. The lowest BCUT2D eigenvalue weighted by atomic mass is 10.1. The van der Waals surface area contributed by atoms with Gasteiger partial charge in [-0.3, -0.25) is 4.79 Å². The highest BCUT2D eigenvalue weighted by Crippen LogP contribution is 2.38. The number of fused-ring (bicyclic) bond motifs is 1. The van der Waals surface area contributed by atoms with Gasteiger partial charge in [-0.2, -0.15) is 0 Å². The van der Waals surface area contributed by atoms with Gasteiger partial charge in [-0.05, 0) is 19.3 Å². The molecule has 0 aliphatic carbocycles. The lowest BCUT2D eigenvalue weighted by Gasteiger charge is -2.22. The van der Waals surface area contributed by atoms with Crippen molar-refractivity contribution in [1.82, 2.24) is 0 Å². The number of benzene rings is 1. The van der Waals surface area contributed by atoms with Gasteiger partial charge in [0.05, 0.1) is 11.4 Å². The smallest absolute Gasteiger partial charge is 0.253 e. The molecular formula is C13H17ClN2O4. The van der Waals surface area contributed by atoms with E-state index in [0.717, 1.165) is 19.3 Å². The molecule has 2 heterocycles. The fourth-order valence-corrected chi connectivity index (χ4v) is 2.23. The fourth-order valence-electron chi connectivity index (χ4n) is 2.23. The number of hydrogen-bond acceptors (Lipinski definition) is 5. The number of ether oxygens (including phenoxy) is 3. The van der Waals surface area contributed by atoms with Gasteiger partial charge in [0.1, 0.15) is 6.10 Å². The van der Waals surface area contributed by atoms with Crippen molar-refractivity contribution in [2.24, 2.45) is 0 Å². The summed E-state index contributed by atoms with van der Waals surface area (Å²) in [6.45, 7) is 0.812. The molecule has 2 aliphatic rings. The Hall–Kier alpha value is -1.66. The molecule has 3 rings (SSSR count). The van der Waals surface area contributed by atoms with E-state index in [0.29, 0.717) is 29.5 Å². The van der Waals surface area contributed by atoms with E-state index in [1.807, 2.05) is 0 Å². The largest absolute Gasteiger partial charge is 0.454 e. The van der Waals surface area contributed by atoms with Crippen LogP contribution in [0.5, 0.6) is 11.5 Å². The summed E-state index contributed by atoms with van der Waals surface area (Å²) in [6.07, 6.45) is 2.37. The van der Waals surface area contributed by atoms with E-state index in [4.69, 9.17) is 19.9 Å². The number of rotatable bonds is 2. The third-order valence-electron chi connectivity index (χ3n) is 3.27. The van der Waals surface area contributed by atoms with Crippen LogP contribution < -0.4 is 20.5 Å². The van der Waals surface area contributed by atoms with Gasteiger partial charge in [0.2, 0.25) is 6.79 Å². The van der Waals surface area contributed by atoms with Crippen molar-refractivity contribution in [3.05, 3.63) is 12.1 Å². The second kappa shape index (κ2) is 6.19. The van der Waals surface area contributed by atoms with Crippen LogP contribution in [0.25, 0.3) is 0 Å². The molecule has 0 bridgehead atoms. The maximum Gasteiger partial charge on any atom is 0.253 e. The minimum absolute atomic E-state index is 0. The number of nitrogens with two attached hydrogens (primary N) is 1. The van der Waals surface area contributed by atoms with Crippen LogP contribution in [0.15, 0.2) is 12.1 Å². The average molecular weight is 301 g/mol. The Labute approximate surface area is 123 Å². The van der Waals surface area contributed by atoms with E-state index in [1.54, 1.807) is 12.1 Å². The highest BCUT2D eigenvalue weighted by atomic mass is 35.5. The lowest BCUT2D eigenvalue weighted by Crippen LogP contribution is -2.33. The van der Waals surface area contributed by atoms with Gasteiger partial charge < -0.3 is 25.3 Å². The molecule has 2 aliphatic heterocycles. The molecule has 0 radical (unpaired) electrons. The number of anilines is 2. The molecule has 1 saturated heterocycles. The van der Waals surface area contributed by atoms with Crippen molar-refractivity contribution in [2.45, 2.75) is 25.4 Å². The van der Waals surface area contributed by atoms with Crippen LogP contribution in [0.4, 0.5) is 11.4 Å². The molecule has 1 amide bonds. The van der Waals surface area contributed by atoms with Gasteiger partial charge >= 0.3 is 0 Å². The zero-order valence-electron chi connectivity index (χ0n) is 10.9. The molecule has 1 unspecified atom stereocenters. The molecule has 7 heteroatoms. The van der Waals surface area contributed by atoms with Crippen molar-refractivity contribution in [1.29, 1.82) is 0 Å². The third kappa shape index (κ3) is 2.91. The average Bonchev–Trinajstić information content (AvgIpc) is 2.87. The Morgan fingerprint density at radius 1 is 1.25 bits per heavy atom. The van der Waals surface area contributed by atoms with Crippen molar-refractivity contribution >= 4 is 29.7 Å². The zero-order chi connectivity index (χ0) is 13.2. The molecule has 1 atom stereocenters. The first-order valence-electron chi connectivity index (χ1n) is 6.35. The first kappa shape index (κ1) is 14.7. The standard InChI is InChI=1S/C13H16N2O4.ClH/c14-8-5-11-12(19-7-18-11)6-9(8)15-13(16)10-3-1-2-4-17-10;/h5-6,10H,1-4,7,14H2,(H,15,16);1H. The number of carbonyl (C=O) groups is 1. The maximum absolute atomic E-state index is 12.1. The fraction of sp³-hybridized carbons (Fsp3) is 0.462. The van der Waals surface area contributed by atoms with Gasteiger partial charge in [0.25, 0.3) is 5.91 Å². The predicted molar refractivity (Wildman–Crippen MR) is 76.4 cm³/mol. The summed E-state index contributed by atoms with van der Waals surface area (Å²) < 4.78 is 15.9. The molecule has 20 heavy (non-hydrogen) atoms. The summed E-state index contributed by atoms with van der Waals surface area (Å²) in [4.78, 5) is 12.1. The first-order valence-corrected chi connectivity index (χ1v) is 6.35. The molecule has 1 aromatic carbocycles. The minimum Gasteiger partial charge on any atom is -0.454 e. The van der Waals surface area contributed by atoms with Crippen LogP contribution in [0.1, 0.15) is 19.3 Å². The Morgan fingerprint density at radius 3 is 2.70 bits per heavy atom. The van der Waals surface area contributed by atoms with E-state index in [9.17, 15) is 4.79 Å². The summed E-state index contributed by atoms with van der Waals surface area (Å²) >= 11 is 0. The van der Waals surface area contributed by atoms with Crippen molar-refractivity contribution in [3.8, 4) is 11.5 Å². The lowest BCUT2D eigenvalue weighted by molar-refractivity contribution is -0.129. The Kier molecular flexibility index (Phi) is 4.57. The van der Waals surface area contributed by atoms with Crippen molar-refractivity contribution in [3.63, 3.8) is 0 Å². The van der Waals surface area contributed by atoms with E-state index in [-0.39, 0.29) is 25.1 Å². The Morgan fingerprint density at radius 2 is 2.00 bits per heavy atom. The quantitative estimate of drug-likeness (QED) is 0.815. The van der Waals surface area contributed by atoms with Crippen LogP contribution in [-0.4, -0.2) is 25.4 Å². The van der Waals surface area contributed by atoms with E-state index in [2.05, 4.69) is 5.32 Å². The topological polar surface area (TPSA) is 82.8 Å². The molecule has 110 valence electrons. The number of hydrogen-bond donors (Lipinski definition) is 2. The number of nitrogens with one attached hydrogen (secondary N) is 1.